The number of hydrogen-bond acceptors (Lipinski definition) is 3. The average Bonchev–Trinajstić information content (AvgIpc) is 2.77. The van der Waals surface area contributed by atoms with Gasteiger partial charge in [-0.05, 0) is 91.9 Å². The highest BCUT2D eigenvalue weighted by Crippen LogP contribution is 2.43. The number of aryl methyl sites for hydroxylation is 2. The predicted octanol–water partition coefficient (Wildman–Crippen LogP) is 6.43. The Labute approximate surface area is 194 Å². The molecule has 0 N–H and O–H groups in total. The maximum absolute atomic E-state index is 13.5. The molecule has 0 fully saturated rings. The first-order chi connectivity index (χ1) is 15.4. The van der Waals surface area contributed by atoms with Crippen molar-refractivity contribution in [1.29, 1.82) is 0 Å². The number of hydrogen-bond donors (Lipinski definition) is 0. The second kappa shape index (κ2) is 9.25. The fourth-order valence-electron chi connectivity index (χ4n) is 4.24. The molecule has 1 amide bonds. The van der Waals surface area contributed by atoms with Crippen molar-refractivity contribution >= 4 is 23.2 Å². The fraction of sp³-hybridized carbons (Fsp3) is 0.296. The van der Waals surface area contributed by atoms with Crippen molar-refractivity contribution in [2.24, 2.45) is 0 Å². The smallest absolute Gasteiger partial charge is 0.232 e. The van der Waals surface area contributed by atoms with E-state index in [2.05, 4.69) is 26.0 Å². The number of amides is 1. The van der Waals surface area contributed by atoms with Crippen LogP contribution in [0.2, 0.25) is 5.02 Å². The Balaban J connectivity index is 1.93. The van der Waals surface area contributed by atoms with Crippen LogP contribution in [0.25, 0.3) is 0 Å². The van der Waals surface area contributed by atoms with Crippen LogP contribution in [0.4, 0.5) is 5.69 Å². The first kappa shape index (κ1) is 22.2. The van der Waals surface area contributed by atoms with Gasteiger partial charge in [0.1, 0.15) is 0 Å². The number of fused-ring (bicyclic) bond motifs is 1. The second-order valence-electron chi connectivity index (χ2n) is 8.03. The van der Waals surface area contributed by atoms with Crippen LogP contribution in [0.3, 0.4) is 0 Å². The summed E-state index contributed by atoms with van der Waals surface area (Å²) >= 11 is 6.18. The van der Waals surface area contributed by atoms with Crippen LogP contribution in [-0.2, 0) is 11.2 Å². The molecule has 4 nitrogen and oxygen atoms in total. The Morgan fingerprint density at radius 2 is 1.56 bits per heavy atom. The van der Waals surface area contributed by atoms with Crippen molar-refractivity contribution in [2.75, 3.05) is 18.1 Å². The summed E-state index contributed by atoms with van der Waals surface area (Å²) in [7, 11) is 0. The summed E-state index contributed by atoms with van der Waals surface area (Å²) in [5.41, 5.74) is 6.22. The van der Waals surface area contributed by atoms with Crippen molar-refractivity contribution in [3.63, 3.8) is 0 Å². The van der Waals surface area contributed by atoms with Crippen molar-refractivity contribution in [2.45, 2.75) is 40.2 Å². The molecule has 0 saturated carbocycles. The summed E-state index contributed by atoms with van der Waals surface area (Å²) < 4.78 is 11.7. The highest BCUT2D eigenvalue weighted by Gasteiger charge is 2.36. The molecule has 0 saturated heterocycles. The third-order valence-corrected chi connectivity index (χ3v) is 6.17. The van der Waals surface area contributed by atoms with Gasteiger partial charge in [0.2, 0.25) is 5.91 Å². The zero-order valence-corrected chi connectivity index (χ0v) is 19.7. The summed E-state index contributed by atoms with van der Waals surface area (Å²) in [6, 6.07) is 17.6. The zero-order chi connectivity index (χ0) is 22.8. The van der Waals surface area contributed by atoms with E-state index in [1.165, 1.54) is 5.56 Å². The first-order valence-electron chi connectivity index (χ1n) is 11.0. The molecule has 1 heterocycles. The molecule has 1 aliphatic rings. The minimum Gasteiger partial charge on any atom is -0.490 e. The third-order valence-electron chi connectivity index (χ3n) is 5.92. The van der Waals surface area contributed by atoms with Crippen LogP contribution < -0.4 is 14.4 Å². The van der Waals surface area contributed by atoms with Gasteiger partial charge in [-0.15, -0.1) is 0 Å². The van der Waals surface area contributed by atoms with E-state index in [1.54, 1.807) is 0 Å². The molecule has 3 aromatic carbocycles. The lowest BCUT2D eigenvalue weighted by Crippen LogP contribution is -2.41. The van der Waals surface area contributed by atoms with E-state index in [1.807, 2.05) is 61.2 Å². The van der Waals surface area contributed by atoms with Gasteiger partial charge in [0.25, 0.3) is 0 Å². The Hall–Kier alpha value is -2.98. The maximum atomic E-state index is 13.5. The van der Waals surface area contributed by atoms with Gasteiger partial charge in [-0.3, -0.25) is 4.79 Å². The number of carbonyl (C=O) groups excluding carboxylic acids is 1. The predicted molar refractivity (Wildman–Crippen MR) is 129 cm³/mol. The van der Waals surface area contributed by atoms with Crippen LogP contribution in [0.5, 0.6) is 11.5 Å². The summed E-state index contributed by atoms with van der Waals surface area (Å²) in [4.78, 5) is 15.4. The molecule has 166 valence electrons. The molecule has 3 aromatic rings. The van der Waals surface area contributed by atoms with Gasteiger partial charge in [0.05, 0.1) is 25.7 Å². The molecular formula is C27H28ClNO3. The lowest BCUT2D eigenvalue weighted by Gasteiger charge is -2.38. The lowest BCUT2D eigenvalue weighted by atomic mass is 9.86. The van der Waals surface area contributed by atoms with Gasteiger partial charge < -0.3 is 14.4 Å². The van der Waals surface area contributed by atoms with Crippen molar-refractivity contribution in [3.05, 3.63) is 87.4 Å². The number of ether oxygens (including phenoxy) is 2. The summed E-state index contributed by atoms with van der Waals surface area (Å²) in [5.74, 6) is 1.42. The van der Waals surface area contributed by atoms with Crippen molar-refractivity contribution in [1.82, 2.24) is 0 Å². The van der Waals surface area contributed by atoms with Gasteiger partial charge in [-0.1, -0.05) is 29.8 Å². The minimum atomic E-state index is -0.291. The SMILES string of the molecule is CCOc1cc2c(cc1OCC)[C@H](c1ccc(Cl)cc1)N(c1ccc(C)c(C)c1)C(=O)C2. The van der Waals surface area contributed by atoms with Crippen LogP contribution in [-0.4, -0.2) is 19.1 Å². The number of anilines is 1. The van der Waals surface area contributed by atoms with Gasteiger partial charge in [0, 0.05) is 10.7 Å². The zero-order valence-electron chi connectivity index (χ0n) is 18.9. The highest BCUT2D eigenvalue weighted by atomic mass is 35.5. The van der Waals surface area contributed by atoms with Crippen molar-refractivity contribution < 1.29 is 14.3 Å². The average molecular weight is 450 g/mol. The topological polar surface area (TPSA) is 38.8 Å². The Morgan fingerprint density at radius 3 is 2.19 bits per heavy atom. The molecule has 5 heteroatoms. The molecule has 1 aliphatic heterocycles. The molecule has 0 unspecified atom stereocenters. The molecule has 0 aromatic heterocycles. The Morgan fingerprint density at radius 1 is 0.906 bits per heavy atom. The van der Waals surface area contributed by atoms with Gasteiger partial charge in [0.15, 0.2) is 11.5 Å². The van der Waals surface area contributed by atoms with Crippen LogP contribution in [0, 0.1) is 13.8 Å². The van der Waals surface area contributed by atoms with E-state index in [-0.39, 0.29) is 11.9 Å². The largest absolute Gasteiger partial charge is 0.490 e. The minimum absolute atomic E-state index is 0.0484. The van der Waals surface area contributed by atoms with E-state index >= 15 is 0 Å². The van der Waals surface area contributed by atoms with Gasteiger partial charge in [-0.2, -0.15) is 0 Å². The van der Waals surface area contributed by atoms with E-state index in [0.29, 0.717) is 36.2 Å². The Kier molecular flexibility index (Phi) is 6.43. The van der Waals surface area contributed by atoms with Crippen molar-refractivity contribution in [3.8, 4) is 11.5 Å². The van der Waals surface area contributed by atoms with Crippen LogP contribution in [0.15, 0.2) is 54.6 Å². The maximum Gasteiger partial charge on any atom is 0.232 e. The summed E-state index contributed by atoms with van der Waals surface area (Å²) in [6.45, 7) is 9.11. The molecule has 1 atom stereocenters. The third kappa shape index (κ3) is 4.20. The Bertz CT molecular complexity index is 1140. The van der Waals surface area contributed by atoms with E-state index in [0.717, 1.165) is 27.9 Å². The van der Waals surface area contributed by atoms with Gasteiger partial charge >= 0.3 is 0 Å². The molecule has 0 bridgehead atoms. The molecule has 0 aliphatic carbocycles. The fourth-order valence-corrected chi connectivity index (χ4v) is 4.36. The van der Waals surface area contributed by atoms with Crippen LogP contribution in [0.1, 0.15) is 47.7 Å². The highest BCUT2D eigenvalue weighted by molar-refractivity contribution is 6.30. The molecule has 0 radical (unpaired) electrons. The normalized spacial score (nSPS) is 15.5. The number of rotatable bonds is 6. The second-order valence-corrected chi connectivity index (χ2v) is 8.46. The monoisotopic (exact) mass is 449 g/mol. The number of halogens is 1. The molecule has 32 heavy (non-hydrogen) atoms. The number of carbonyl (C=O) groups is 1. The molecular weight excluding hydrogens is 422 g/mol. The standard InChI is InChI=1S/C27H28ClNO3/c1-5-31-24-14-20-15-26(30)29(22-12-7-17(3)18(4)13-22)27(19-8-10-21(28)11-9-19)23(20)16-25(24)32-6-2/h7-14,16,27H,5-6,15H2,1-4H3/t27-/m0/s1. The van der Waals surface area contributed by atoms with E-state index < -0.39 is 0 Å². The van der Waals surface area contributed by atoms with E-state index in [4.69, 9.17) is 21.1 Å². The van der Waals surface area contributed by atoms with Crippen LogP contribution >= 0.6 is 11.6 Å². The number of benzene rings is 3. The lowest BCUT2D eigenvalue weighted by molar-refractivity contribution is -0.118. The summed E-state index contributed by atoms with van der Waals surface area (Å²) in [5, 5.41) is 0.663. The number of nitrogens with zero attached hydrogens (tertiary/aromatic N) is 1. The molecule has 0 spiro atoms. The molecule has 4 rings (SSSR count). The summed E-state index contributed by atoms with van der Waals surface area (Å²) in [6.07, 6.45) is 0.304. The van der Waals surface area contributed by atoms with Gasteiger partial charge in [-0.25, -0.2) is 0 Å². The first-order valence-corrected chi connectivity index (χ1v) is 11.4. The quantitative estimate of drug-likeness (QED) is 0.435. The van der Waals surface area contributed by atoms with E-state index in [9.17, 15) is 4.79 Å².